The molecule has 4 nitrogen and oxygen atoms in total. The summed E-state index contributed by atoms with van der Waals surface area (Å²) in [6.07, 6.45) is 6.99. The van der Waals surface area contributed by atoms with Gasteiger partial charge in [0.05, 0.1) is 25.0 Å². The molecule has 0 radical (unpaired) electrons. The van der Waals surface area contributed by atoms with Gasteiger partial charge < -0.3 is 10.1 Å². The van der Waals surface area contributed by atoms with Crippen LogP contribution >= 0.6 is 0 Å². The summed E-state index contributed by atoms with van der Waals surface area (Å²) in [5.41, 5.74) is 1.71. The minimum absolute atomic E-state index is 0.320. The van der Waals surface area contributed by atoms with Crippen molar-refractivity contribution in [3.05, 3.63) is 11.9 Å². The first-order chi connectivity index (χ1) is 9.89. The van der Waals surface area contributed by atoms with E-state index in [9.17, 15) is 0 Å². The highest BCUT2D eigenvalue weighted by Gasteiger charge is 2.34. The van der Waals surface area contributed by atoms with Gasteiger partial charge in [-0.3, -0.25) is 4.68 Å². The maximum absolute atomic E-state index is 5.57. The van der Waals surface area contributed by atoms with Gasteiger partial charge in [0.2, 0.25) is 0 Å². The number of nitrogens with zero attached hydrogens (tertiary/aromatic N) is 2. The Kier molecular flexibility index (Phi) is 4.97. The van der Waals surface area contributed by atoms with Crippen molar-refractivity contribution in [3.8, 4) is 5.75 Å². The Bertz CT molecular complexity index is 455. The first-order valence-corrected chi connectivity index (χ1v) is 8.18. The van der Waals surface area contributed by atoms with Crippen LogP contribution in [0.4, 0.5) is 0 Å². The molecule has 1 aliphatic rings. The fourth-order valence-corrected chi connectivity index (χ4v) is 3.57. The molecular weight excluding hydrogens is 262 g/mol. The lowest BCUT2D eigenvalue weighted by molar-refractivity contribution is 0.159. The van der Waals surface area contributed by atoms with Gasteiger partial charge in [0.15, 0.2) is 5.75 Å². The molecule has 4 heteroatoms. The summed E-state index contributed by atoms with van der Waals surface area (Å²) in [6.45, 7) is 9.12. The van der Waals surface area contributed by atoms with Crippen LogP contribution in [-0.2, 0) is 0 Å². The highest BCUT2D eigenvalue weighted by atomic mass is 16.5. The van der Waals surface area contributed by atoms with Crippen LogP contribution in [0.25, 0.3) is 0 Å². The van der Waals surface area contributed by atoms with Crippen molar-refractivity contribution >= 4 is 0 Å². The highest BCUT2D eigenvalue weighted by molar-refractivity contribution is 5.29. The Morgan fingerprint density at radius 3 is 2.43 bits per heavy atom. The number of rotatable bonds is 5. The van der Waals surface area contributed by atoms with Gasteiger partial charge in [0.1, 0.15) is 0 Å². The molecule has 1 N–H and O–H groups in total. The minimum atomic E-state index is 0.320. The second-order valence-electron chi connectivity index (χ2n) is 7.40. The predicted octanol–water partition coefficient (Wildman–Crippen LogP) is 3.95. The normalized spacial score (nSPS) is 20.7. The van der Waals surface area contributed by atoms with Crippen LogP contribution in [-0.4, -0.2) is 23.9 Å². The van der Waals surface area contributed by atoms with E-state index in [0.717, 1.165) is 5.75 Å². The molecule has 1 unspecified atom stereocenters. The third-order valence-electron chi connectivity index (χ3n) is 4.97. The Hall–Kier alpha value is -1.03. The standard InChI is InChI=1S/C17H31N3O/c1-12(2)20-16(14(21-6)11-19-20)15(18-5)13-7-9-17(3,4)10-8-13/h11-13,15,18H,7-10H2,1-6H3. The van der Waals surface area contributed by atoms with E-state index in [1.165, 1.54) is 31.4 Å². The molecule has 1 fully saturated rings. The topological polar surface area (TPSA) is 39.1 Å². The Balaban J connectivity index is 2.27. The van der Waals surface area contributed by atoms with Crippen molar-refractivity contribution in [2.75, 3.05) is 14.2 Å². The number of hydrogen-bond acceptors (Lipinski definition) is 3. The summed E-state index contributed by atoms with van der Waals surface area (Å²) in [7, 11) is 3.80. The molecule has 1 aliphatic carbocycles. The summed E-state index contributed by atoms with van der Waals surface area (Å²) in [5.74, 6) is 1.57. The quantitative estimate of drug-likeness (QED) is 0.893. The van der Waals surface area contributed by atoms with E-state index in [1.807, 2.05) is 6.20 Å². The molecular formula is C17H31N3O. The van der Waals surface area contributed by atoms with Crippen LogP contribution in [0.1, 0.15) is 71.2 Å². The number of aromatic nitrogens is 2. The van der Waals surface area contributed by atoms with Crippen molar-refractivity contribution in [2.45, 2.75) is 65.5 Å². The zero-order valence-electron chi connectivity index (χ0n) is 14.4. The highest BCUT2D eigenvalue weighted by Crippen LogP contribution is 2.44. The molecule has 0 aromatic carbocycles. The average molecular weight is 293 g/mol. The Morgan fingerprint density at radius 1 is 1.33 bits per heavy atom. The van der Waals surface area contributed by atoms with Crippen molar-refractivity contribution in [1.82, 2.24) is 15.1 Å². The van der Waals surface area contributed by atoms with Gasteiger partial charge in [-0.05, 0) is 57.9 Å². The van der Waals surface area contributed by atoms with E-state index in [4.69, 9.17) is 4.74 Å². The van der Waals surface area contributed by atoms with Gasteiger partial charge in [-0.1, -0.05) is 13.8 Å². The lowest BCUT2D eigenvalue weighted by Gasteiger charge is -2.38. The summed E-state index contributed by atoms with van der Waals surface area (Å²) in [6, 6.07) is 0.667. The third-order valence-corrected chi connectivity index (χ3v) is 4.97. The molecule has 0 saturated heterocycles. The fourth-order valence-electron chi connectivity index (χ4n) is 3.57. The summed E-state index contributed by atoms with van der Waals surface area (Å²) < 4.78 is 7.68. The zero-order chi connectivity index (χ0) is 15.6. The van der Waals surface area contributed by atoms with Crippen LogP contribution in [0.5, 0.6) is 5.75 Å². The lowest BCUT2D eigenvalue weighted by Crippen LogP contribution is -2.33. The Morgan fingerprint density at radius 2 is 1.95 bits per heavy atom. The molecule has 2 rings (SSSR count). The van der Waals surface area contributed by atoms with Gasteiger partial charge in [-0.2, -0.15) is 5.10 Å². The molecule has 1 aromatic rings. The molecule has 0 aliphatic heterocycles. The van der Waals surface area contributed by atoms with Crippen molar-refractivity contribution in [1.29, 1.82) is 0 Å². The molecule has 1 aromatic heterocycles. The van der Waals surface area contributed by atoms with Crippen LogP contribution in [0.15, 0.2) is 6.20 Å². The van der Waals surface area contributed by atoms with Crippen LogP contribution in [0, 0.1) is 11.3 Å². The Labute approximate surface area is 129 Å². The number of methoxy groups -OCH3 is 1. The molecule has 120 valence electrons. The zero-order valence-corrected chi connectivity index (χ0v) is 14.4. The number of hydrogen-bond donors (Lipinski definition) is 1. The van der Waals surface area contributed by atoms with Gasteiger partial charge in [-0.25, -0.2) is 0 Å². The number of nitrogens with one attached hydrogen (secondary N) is 1. The summed E-state index contributed by atoms with van der Waals surface area (Å²) in [5, 5.41) is 8.06. The molecule has 1 saturated carbocycles. The van der Waals surface area contributed by atoms with Crippen LogP contribution in [0.2, 0.25) is 0 Å². The molecule has 21 heavy (non-hydrogen) atoms. The van der Waals surface area contributed by atoms with E-state index in [2.05, 4.69) is 49.8 Å². The van der Waals surface area contributed by atoms with E-state index in [0.29, 0.717) is 23.4 Å². The average Bonchev–Trinajstić information content (AvgIpc) is 2.85. The molecule has 0 spiro atoms. The molecule has 0 bridgehead atoms. The van der Waals surface area contributed by atoms with Crippen LogP contribution in [0.3, 0.4) is 0 Å². The maximum Gasteiger partial charge on any atom is 0.161 e. The first-order valence-electron chi connectivity index (χ1n) is 8.18. The van der Waals surface area contributed by atoms with E-state index in [1.54, 1.807) is 7.11 Å². The molecule has 0 amide bonds. The molecule has 1 heterocycles. The van der Waals surface area contributed by atoms with Crippen molar-refractivity contribution in [2.24, 2.45) is 11.3 Å². The number of ether oxygens (including phenoxy) is 1. The summed E-state index contributed by atoms with van der Waals surface area (Å²) in [4.78, 5) is 0. The smallest absolute Gasteiger partial charge is 0.161 e. The van der Waals surface area contributed by atoms with Gasteiger partial charge in [-0.15, -0.1) is 0 Å². The second kappa shape index (κ2) is 6.39. The summed E-state index contributed by atoms with van der Waals surface area (Å²) >= 11 is 0. The van der Waals surface area contributed by atoms with Gasteiger partial charge in [0.25, 0.3) is 0 Å². The van der Waals surface area contributed by atoms with Crippen molar-refractivity contribution < 1.29 is 4.74 Å². The second-order valence-corrected chi connectivity index (χ2v) is 7.40. The van der Waals surface area contributed by atoms with Gasteiger partial charge >= 0.3 is 0 Å². The monoisotopic (exact) mass is 293 g/mol. The van der Waals surface area contributed by atoms with Crippen LogP contribution < -0.4 is 10.1 Å². The van der Waals surface area contributed by atoms with E-state index < -0.39 is 0 Å². The van der Waals surface area contributed by atoms with Gasteiger partial charge in [0, 0.05) is 6.04 Å². The largest absolute Gasteiger partial charge is 0.493 e. The fraction of sp³-hybridized carbons (Fsp3) is 0.824. The first kappa shape index (κ1) is 16.3. The molecule has 1 atom stereocenters. The van der Waals surface area contributed by atoms with Crippen molar-refractivity contribution in [3.63, 3.8) is 0 Å². The van der Waals surface area contributed by atoms with E-state index >= 15 is 0 Å². The third kappa shape index (κ3) is 3.42. The lowest BCUT2D eigenvalue weighted by atomic mass is 9.70. The predicted molar refractivity (Wildman–Crippen MR) is 86.7 cm³/mol. The maximum atomic E-state index is 5.57. The van der Waals surface area contributed by atoms with E-state index in [-0.39, 0.29) is 0 Å². The SMILES string of the molecule is CNC(c1c(OC)cnn1C(C)C)C1CCC(C)(C)CC1. The minimum Gasteiger partial charge on any atom is -0.493 e.